The molecule has 1 aliphatic heterocycles. The van der Waals surface area contributed by atoms with E-state index in [1.54, 1.807) is 6.08 Å². The number of hydrogen-bond acceptors (Lipinski definition) is 5. The number of thioether (sulfide) groups is 1. The molecule has 1 amide bonds. The number of aromatic nitrogens is 2. The predicted molar refractivity (Wildman–Crippen MR) is 117 cm³/mol. The summed E-state index contributed by atoms with van der Waals surface area (Å²) in [5, 5.41) is 8.43. The van der Waals surface area contributed by atoms with Gasteiger partial charge in [0.05, 0.1) is 5.69 Å². The minimum Gasteiger partial charge on any atom is -0.381 e. The van der Waals surface area contributed by atoms with E-state index in [1.807, 2.05) is 36.6 Å². The summed E-state index contributed by atoms with van der Waals surface area (Å²) < 4.78 is 5.49. The molecule has 5 nitrogen and oxygen atoms in total. The number of allylic oxidation sites excluding steroid dienone is 6. The van der Waals surface area contributed by atoms with Crippen LogP contribution in [-0.4, -0.2) is 41.5 Å². The molecule has 2 N–H and O–H groups in total. The molecule has 1 aliphatic rings. The molecule has 1 aromatic heterocycles. The molecule has 150 valence electrons. The van der Waals surface area contributed by atoms with Crippen molar-refractivity contribution in [3.63, 3.8) is 0 Å². The Bertz CT molecular complexity index is 784. The van der Waals surface area contributed by atoms with Crippen molar-refractivity contribution in [1.82, 2.24) is 10.2 Å². The quantitative estimate of drug-likeness (QED) is 0.266. The molecule has 0 radical (unpaired) electrons. The Hall–Kier alpha value is -1.89. The van der Waals surface area contributed by atoms with Crippen molar-refractivity contribution in [2.45, 2.75) is 24.2 Å². The Kier molecular flexibility index (Phi) is 9.47. The van der Waals surface area contributed by atoms with Gasteiger partial charge in [-0.15, -0.1) is 28.5 Å². The van der Waals surface area contributed by atoms with Crippen molar-refractivity contribution in [2.75, 3.05) is 25.3 Å². The molecule has 0 bridgehead atoms. The van der Waals surface area contributed by atoms with Crippen LogP contribution < -0.4 is 5.73 Å². The number of hydrogen-bond donors (Lipinski definition) is 1. The number of rotatable bonds is 10. The van der Waals surface area contributed by atoms with Gasteiger partial charge in [-0.25, -0.2) is 0 Å². The molecule has 28 heavy (non-hydrogen) atoms. The van der Waals surface area contributed by atoms with E-state index in [0.29, 0.717) is 11.8 Å². The molecule has 0 aliphatic carbocycles. The number of halogens is 1. The fourth-order valence-corrected chi connectivity index (χ4v) is 3.86. The van der Waals surface area contributed by atoms with Crippen molar-refractivity contribution in [2.24, 2.45) is 11.7 Å². The number of ether oxygens (including phenoxy) is 1. The van der Waals surface area contributed by atoms with Crippen LogP contribution in [0.25, 0.3) is 6.08 Å². The number of amides is 1. The molecule has 7 heteroatoms. The van der Waals surface area contributed by atoms with Gasteiger partial charge >= 0.3 is 0 Å². The molecule has 1 aromatic rings. The molecule has 0 saturated carbocycles. The summed E-state index contributed by atoms with van der Waals surface area (Å²) in [7, 11) is 0. The van der Waals surface area contributed by atoms with Crippen LogP contribution in [0.4, 0.5) is 0 Å². The topological polar surface area (TPSA) is 78.1 Å². The van der Waals surface area contributed by atoms with Gasteiger partial charge in [-0.1, -0.05) is 43.0 Å². The Morgan fingerprint density at radius 1 is 1.43 bits per heavy atom. The predicted octanol–water partition coefficient (Wildman–Crippen LogP) is 4.19. The first kappa shape index (κ1) is 22.4. The van der Waals surface area contributed by atoms with Crippen LogP contribution in [0, 0.1) is 5.92 Å². The van der Waals surface area contributed by atoms with E-state index in [-0.39, 0.29) is 5.69 Å². The lowest BCUT2D eigenvalue weighted by molar-refractivity contribution is 0.0991. The van der Waals surface area contributed by atoms with Crippen molar-refractivity contribution in [1.29, 1.82) is 0 Å². The summed E-state index contributed by atoms with van der Waals surface area (Å²) >= 11 is 7.16. The fourth-order valence-electron chi connectivity index (χ4n) is 2.99. The van der Waals surface area contributed by atoms with Crippen molar-refractivity contribution >= 4 is 35.3 Å². The SMILES string of the molecule is C=C/C=C(/C=C/c1c(CC2CCOC2)nnc(C(N)=O)c1SC)C/C=C\CCl. The van der Waals surface area contributed by atoms with E-state index in [1.165, 1.54) is 11.8 Å². The summed E-state index contributed by atoms with van der Waals surface area (Å²) in [4.78, 5) is 12.6. The Morgan fingerprint density at radius 3 is 2.86 bits per heavy atom. The average Bonchev–Trinajstić information content (AvgIpc) is 3.19. The highest BCUT2D eigenvalue weighted by Gasteiger charge is 2.22. The summed E-state index contributed by atoms with van der Waals surface area (Å²) in [6, 6.07) is 0. The largest absolute Gasteiger partial charge is 0.381 e. The highest BCUT2D eigenvalue weighted by atomic mass is 35.5. The van der Waals surface area contributed by atoms with Gasteiger partial charge < -0.3 is 10.5 Å². The number of carbonyl (C=O) groups is 1. The zero-order valence-electron chi connectivity index (χ0n) is 16.1. The maximum absolute atomic E-state index is 11.8. The average molecular weight is 420 g/mol. The molecule has 2 rings (SSSR count). The number of nitrogens with zero attached hydrogens (tertiary/aromatic N) is 2. The second-order valence-corrected chi connectivity index (χ2v) is 7.51. The standard InChI is InChI=1S/C21H26ClN3O2S/c1-3-6-15(7-4-5-11-22)8-9-17-18(13-16-10-12-27-14-16)24-25-19(21(23)26)20(17)28-2/h3-6,8-9,16H,1,7,10-14H2,2H3,(H2,23,26)/b5-4-,9-8+,15-6+. The molecule has 0 spiro atoms. The minimum atomic E-state index is -0.575. The van der Waals surface area contributed by atoms with E-state index in [4.69, 9.17) is 22.1 Å². The van der Waals surface area contributed by atoms with Crippen molar-refractivity contribution in [3.05, 3.63) is 59.5 Å². The Morgan fingerprint density at radius 2 is 2.25 bits per heavy atom. The first-order chi connectivity index (χ1) is 13.6. The number of carbonyl (C=O) groups excluding carboxylic acids is 1. The maximum Gasteiger partial charge on any atom is 0.270 e. The number of nitrogens with two attached hydrogens (primary N) is 1. The molecule has 1 fully saturated rings. The van der Waals surface area contributed by atoms with E-state index in [2.05, 4.69) is 16.8 Å². The number of alkyl halides is 1. The van der Waals surface area contributed by atoms with Gasteiger partial charge in [0, 0.05) is 29.6 Å². The van der Waals surface area contributed by atoms with Crippen LogP contribution in [0.1, 0.15) is 34.6 Å². The van der Waals surface area contributed by atoms with Crippen molar-refractivity contribution < 1.29 is 9.53 Å². The van der Waals surface area contributed by atoms with E-state index >= 15 is 0 Å². The lowest BCUT2D eigenvalue weighted by atomic mass is 9.98. The molecule has 0 aromatic carbocycles. The monoisotopic (exact) mass is 419 g/mol. The van der Waals surface area contributed by atoms with Crippen LogP contribution >= 0.6 is 23.4 Å². The lowest BCUT2D eigenvalue weighted by Crippen LogP contribution is -2.18. The highest BCUT2D eigenvalue weighted by molar-refractivity contribution is 7.98. The fraction of sp³-hybridized carbons (Fsp3) is 0.381. The van der Waals surface area contributed by atoms with Gasteiger partial charge in [-0.3, -0.25) is 4.79 Å². The molecular formula is C21H26ClN3O2S. The molecule has 2 heterocycles. The minimum absolute atomic E-state index is 0.204. The number of primary amides is 1. The van der Waals surface area contributed by atoms with E-state index in [9.17, 15) is 4.79 Å². The van der Waals surface area contributed by atoms with Crippen LogP contribution in [0.2, 0.25) is 0 Å². The third-order valence-corrected chi connectivity index (χ3v) is 5.39. The van der Waals surface area contributed by atoms with Crippen LogP contribution in [0.3, 0.4) is 0 Å². The Labute approximate surface area is 175 Å². The first-order valence-electron chi connectivity index (χ1n) is 9.12. The molecule has 1 atom stereocenters. The van der Waals surface area contributed by atoms with E-state index in [0.717, 1.165) is 54.2 Å². The van der Waals surface area contributed by atoms with Crippen LogP contribution in [0.5, 0.6) is 0 Å². The van der Waals surface area contributed by atoms with Crippen LogP contribution in [0.15, 0.2) is 47.4 Å². The smallest absolute Gasteiger partial charge is 0.270 e. The Balaban J connectivity index is 2.42. The first-order valence-corrected chi connectivity index (χ1v) is 10.9. The normalized spacial score (nSPS) is 17.6. The third kappa shape index (κ3) is 6.33. The summed E-state index contributed by atoms with van der Waals surface area (Å²) in [6.45, 7) is 5.28. The van der Waals surface area contributed by atoms with Crippen LogP contribution in [-0.2, 0) is 11.2 Å². The zero-order valence-corrected chi connectivity index (χ0v) is 17.6. The van der Waals surface area contributed by atoms with Gasteiger partial charge in [-0.2, -0.15) is 5.10 Å². The van der Waals surface area contributed by atoms with Gasteiger partial charge in [0.2, 0.25) is 0 Å². The lowest BCUT2D eigenvalue weighted by Gasteiger charge is -2.14. The highest BCUT2D eigenvalue weighted by Crippen LogP contribution is 2.29. The van der Waals surface area contributed by atoms with Gasteiger partial charge in [-0.05, 0) is 37.0 Å². The van der Waals surface area contributed by atoms with E-state index < -0.39 is 5.91 Å². The van der Waals surface area contributed by atoms with Crippen molar-refractivity contribution in [3.8, 4) is 0 Å². The molecule has 1 saturated heterocycles. The maximum atomic E-state index is 11.8. The van der Waals surface area contributed by atoms with Gasteiger partial charge in [0.25, 0.3) is 5.91 Å². The summed E-state index contributed by atoms with van der Waals surface area (Å²) in [5.41, 5.74) is 8.53. The zero-order chi connectivity index (χ0) is 20.4. The van der Waals surface area contributed by atoms with Gasteiger partial charge in [0.15, 0.2) is 5.69 Å². The second-order valence-electron chi connectivity index (χ2n) is 6.38. The second kappa shape index (κ2) is 11.8. The summed E-state index contributed by atoms with van der Waals surface area (Å²) in [5.74, 6) is 0.311. The molecular weight excluding hydrogens is 394 g/mol. The molecule has 1 unspecified atom stereocenters. The third-order valence-electron chi connectivity index (χ3n) is 4.39. The summed E-state index contributed by atoms with van der Waals surface area (Å²) in [6.07, 6.45) is 16.0. The van der Waals surface area contributed by atoms with Gasteiger partial charge in [0.1, 0.15) is 0 Å².